The number of nitrogens with zero attached hydrogens (tertiary/aromatic N) is 3. The van der Waals surface area contributed by atoms with Gasteiger partial charge in [-0.25, -0.2) is 9.97 Å². The van der Waals surface area contributed by atoms with Crippen LogP contribution < -0.4 is 11.1 Å². The van der Waals surface area contributed by atoms with Crippen LogP contribution >= 0.6 is 0 Å². The number of hydrogen-bond donors (Lipinski definition) is 2. The number of rotatable bonds is 3. The lowest BCUT2D eigenvalue weighted by molar-refractivity contribution is 0.590. The Morgan fingerprint density at radius 1 is 1.46 bits per heavy atom. The second-order valence-corrected chi connectivity index (χ2v) is 2.45. The first kappa shape index (κ1) is 7.93. The van der Waals surface area contributed by atoms with Crippen LogP contribution in [-0.2, 0) is 0 Å². The summed E-state index contributed by atoms with van der Waals surface area (Å²) in [5.41, 5.74) is 6.45. The Morgan fingerprint density at radius 3 is 3.23 bits per heavy atom. The van der Waals surface area contributed by atoms with Crippen molar-refractivity contribution in [3.05, 3.63) is 12.6 Å². The molecular formula is C7H9N5O. The van der Waals surface area contributed by atoms with Crippen molar-refractivity contribution in [2.75, 3.05) is 18.4 Å². The van der Waals surface area contributed by atoms with E-state index in [-0.39, 0.29) is 0 Å². The molecular weight excluding hydrogens is 170 g/mol. The highest BCUT2D eigenvalue weighted by molar-refractivity contribution is 5.67. The van der Waals surface area contributed by atoms with Gasteiger partial charge in [0.15, 0.2) is 6.39 Å². The average Bonchev–Trinajstić information content (AvgIpc) is 2.61. The van der Waals surface area contributed by atoms with Gasteiger partial charge in [-0.05, 0) is 0 Å². The molecule has 6 heteroatoms. The summed E-state index contributed by atoms with van der Waals surface area (Å²) in [7, 11) is 0. The van der Waals surface area contributed by atoms with Gasteiger partial charge in [0.05, 0.1) is 6.20 Å². The third-order valence-corrected chi connectivity index (χ3v) is 1.52. The van der Waals surface area contributed by atoms with Crippen LogP contribution in [0.1, 0.15) is 0 Å². The first-order valence-electron chi connectivity index (χ1n) is 3.90. The normalized spacial score (nSPS) is 10.5. The molecule has 0 aliphatic carbocycles. The molecule has 3 N–H and O–H groups in total. The summed E-state index contributed by atoms with van der Waals surface area (Å²) >= 11 is 0. The van der Waals surface area contributed by atoms with Gasteiger partial charge in [-0.15, -0.1) is 0 Å². The van der Waals surface area contributed by atoms with E-state index in [1.54, 1.807) is 6.20 Å². The molecule has 13 heavy (non-hydrogen) atoms. The van der Waals surface area contributed by atoms with Crippen molar-refractivity contribution in [3.63, 3.8) is 0 Å². The molecule has 0 saturated heterocycles. The van der Waals surface area contributed by atoms with Crippen LogP contribution in [0.4, 0.5) is 5.95 Å². The smallest absolute Gasteiger partial charge is 0.251 e. The lowest BCUT2D eigenvalue weighted by Crippen LogP contribution is -2.14. The van der Waals surface area contributed by atoms with Gasteiger partial charge in [0.25, 0.3) is 5.71 Å². The molecule has 2 aromatic rings. The Labute approximate surface area is 74.2 Å². The lowest BCUT2D eigenvalue weighted by Gasteiger charge is -1.99. The highest BCUT2D eigenvalue weighted by Crippen LogP contribution is 2.09. The van der Waals surface area contributed by atoms with Gasteiger partial charge >= 0.3 is 0 Å². The second-order valence-electron chi connectivity index (χ2n) is 2.45. The van der Waals surface area contributed by atoms with Crippen LogP contribution in [0.25, 0.3) is 11.2 Å². The van der Waals surface area contributed by atoms with Crippen LogP contribution in [0, 0.1) is 0 Å². The fourth-order valence-corrected chi connectivity index (χ4v) is 0.937. The molecule has 0 radical (unpaired) electrons. The predicted octanol–water partition coefficient (Wildman–Crippen LogP) is -0.0116. The summed E-state index contributed by atoms with van der Waals surface area (Å²) < 4.78 is 5.01. The minimum atomic E-state index is 0.481. The van der Waals surface area contributed by atoms with Gasteiger partial charge in [-0.3, -0.25) is 0 Å². The van der Waals surface area contributed by atoms with Gasteiger partial charge in [0.2, 0.25) is 5.95 Å². The van der Waals surface area contributed by atoms with Crippen LogP contribution in [0.5, 0.6) is 0 Å². The Bertz CT molecular complexity index is 398. The van der Waals surface area contributed by atoms with Crippen molar-refractivity contribution in [3.8, 4) is 0 Å². The van der Waals surface area contributed by atoms with Gasteiger partial charge in [-0.1, -0.05) is 0 Å². The number of oxazole rings is 1. The van der Waals surface area contributed by atoms with Crippen molar-refractivity contribution in [2.24, 2.45) is 5.73 Å². The van der Waals surface area contributed by atoms with Crippen LogP contribution in [0.2, 0.25) is 0 Å². The predicted molar refractivity (Wildman–Crippen MR) is 47.1 cm³/mol. The van der Waals surface area contributed by atoms with E-state index in [9.17, 15) is 0 Å². The zero-order valence-electron chi connectivity index (χ0n) is 6.90. The van der Waals surface area contributed by atoms with Crippen molar-refractivity contribution >= 4 is 17.2 Å². The summed E-state index contributed by atoms with van der Waals surface area (Å²) in [6.07, 6.45) is 2.94. The summed E-state index contributed by atoms with van der Waals surface area (Å²) in [5, 5.41) is 2.94. The molecule has 0 aliphatic heterocycles. The van der Waals surface area contributed by atoms with Gasteiger partial charge < -0.3 is 15.5 Å². The van der Waals surface area contributed by atoms with Crippen molar-refractivity contribution in [1.29, 1.82) is 0 Å². The first-order valence-corrected chi connectivity index (χ1v) is 3.90. The maximum absolute atomic E-state index is 5.32. The summed E-state index contributed by atoms with van der Waals surface area (Å²) in [6.45, 7) is 1.18. The number of hydrogen-bond acceptors (Lipinski definition) is 6. The fourth-order valence-electron chi connectivity index (χ4n) is 0.937. The summed E-state index contributed by atoms with van der Waals surface area (Å²) in [5.74, 6) is 0.509. The number of anilines is 1. The third kappa shape index (κ3) is 1.57. The van der Waals surface area contributed by atoms with Crippen LogP contribution in [0.15, 0.2) is 17.0 Å². The average molecular weight is 179 g/mol. The number of aromatic nitrogens is 3. The molecule has 0 atom stereocenters. The lowest BCUT2D eigenvalue weighted by atomic mass is 10.6. The molecule has 68 valence electrons. The van der Waals surface area contributed by atoms with E-state index in [0.717, 1.165) is 0 Å². The van der Waals surface area contributed by atoms with E-state index in [4.69, 9.17) is 10.2 Å². The zero-order chi connectivity index (χ0) is 9.10. The molecule has 0 aromatic carbocycles. The molecule has 0 aliphatic rings. The molecule has 0 bridgehead atoms. The fraction of sp³-hybridized carbons (Fsp3) is 0.286. The minimum Gasteiger partial charge on any atom is -0.425 e. The molecule has 0 saturated carbocycles. The molecule has 0 unspecified atom stereocenters. The number of nitrogens with two attached hydrogens (primary N) is 1. The van der Waals surface area contributed by atoms with Crippen LogP contribution in [-0.4, -0.2) is 28.0 Å². The van der Waals surface area contributed by atoms with E-state index in [0.29, 0.717) is 30.3 Å². The zero-order valence-corrected chi connectivity index (χ0v) is 6.90. The van der Waals surface area contributed by atoms with E-state index >= 15 is 0 Å². The molecule has 2 heterocycles. The summed E-state index contributed by atoms with van der Waals surface area (Å²) in [4.78, 5) is 12.0. The van der Waals surface area contributed by atoms with Crippen molar-refractivity contribution in [1.82, 2.24) is 15.0 Å². The minimum absolute atomic E-state index is 0.481. The number of nitrogens with one attached hydrogen (secondary N) is 1. The quantitative estimate of drug-likeness (QED) is 0.688. The third-order valence-electron chi connectivity index (χ3n) is 1.52. The molecule has 0 amide bonds. The van der Waals surface area contributed by atoms with E-state index in [1.807, 2.05) is 0 Å². The van der Waals surface area contributed by atoms with Gasteiger partial charge in [-0.2, -0.15) is 4.98 Å². The van der Waals surface area contributed by atoms with Gasteiger partial charge in [0, 0.05) is 13.1 Å². The summed E-state index contributed by atoms with van der Waals surface area (Å²) in [6, 6.07) is 0. The SMILES string of the molecule is NCCNc1ncc2ncoc2n1. The first-order chi connectivity index (χ1) is 6.40. The largest absolute Gasteiger partial charge is 0.425 e. The highest BCUT2D eigenvalue weighted by Gasteiger charge is 2.01. The highest BCUT2D eigenvalue weighted by atomic mass is 16.3. The van der Waals surface area contributed by atoms with Gasteiger partial charge in [0.1, 0.15) is 5.52 Å². The van der Waals surface area contributed by atoms with Crippen LogP contribution in [0.3, 0.4) is 0 Å². The monoisotopic (exact) mass is 179 g/mol. The van der Waals surface area contributed by atoms with Crippen molar-refractivity contribution in [2.45, 2.75) is 0 Å². The maximum Gasteiger partial charge on any atom is 0.251 e. The Morgan fingerprint density at radius 2 is 2.38 bits per heavy atom. The topological polar surface area (TPSA) is 89.9 Å². The molecule has 6 nitrogen and oxygen atoms in total. The Kier molecular flexibility index (Phi) is 2.05. The van der Waals surface area contributed by atoms with E-state index in [1.165, 1.54) is 6.39 Å². The molecule has 0 fully saturated rings. The molecule has 2 aromatic heterocycles. The Hall–Kier alpha value is -1.69. The second kappa shape index (κ2) is 3.36. The van der Waals surface area contributed by atoms with E-state index in [2.05, 4.69) is 20.3 Å². The number of fused-ring (bicyclic) bond motifs is 1. The van der Waals surface area contributed by atoms with Crippen molar-refractivity contribution < 1.29 is 4.42 Å². The molecule has 0 spiro atoms. The maximum atomic E-state index is 5.32. The van der Waals surface area contributed by atoms with E-state index < -0.39 is 0 Å². The molecule has 2 rings (SSSR count). The standard InChI is InChI=1S/C7H9N5O/c8-1-2-9-7-10-3-5-6(12-7)13-4-11-5/h3-4H,1-2,8H2,(H,9,10,12). The Balaban J connectivity index is 2.26.